The fourth-order valence-electron chi connectivity index (χ4n) is 9.84. The molecule has 10 heteroatoms. The monoisotopic (exact) mass is 755 g/mol. The van der Waals surface area contributed by atoms with Gasteiger partial charge in [0.05, 0.1) is 18.3 Å². The lowest BCUT2D eigenvalue weighted by Crippen LogP contribution is -2.62. The maximum Gasteiger partial charge on any atom is 0.329 e. The van der Waals surface area contributed by atoms with Crippen LogP contribution in [0.15, 0.2) is 36.0 Å². The third kappa shape index (κ3) is 10.4. The van der Waals surface area contributed by atoms with Gasteiger partial charge in [0.2, 0.25) is 5.79 Å². The molecule has 2 saturated heterocycles. The van der Waals surface area contributed by atoms with Gasteiger partial charge in [-0.2, -0.15) is 0 Å². The second-order valence-corrected chi connectivity index (χ2v) is 17.9. The molecule has 4 rings (SSSR count). The molecule has 1 amide bonds. The van der Waals surface area contributed by atoms with Crippen molar-refractivity contribution in [2.75, 3.05) is 6.54 Å². The third-order valence-electron chi connectivity index (χ3n) is 13.0. The number of ether oxygens (including phenoxy) is 2. The summed E-state index contributed by atoms with van der Waals surface area (Å²) in [5.74, 6) is -6.57. The number of cyclic esters (lactones) is 1. The number of carbonyl (C=O) groups is 4. The normalized spacial score (nSPS) is 42.6. The van der Waals surface area contributed by atoms with Gasteiger partial charge < -0.3 is 29.7 Å². The van der Waals surface area contributed by atoms with Crippen LogP contribution in [0.25, 0.3) is 0 Å². The molecule has 3 aliphatic heterocycles. The molecule has 0 spiro atoms. The van der Waals surface area contributed by atoms with Crippen LogP contribution in [0.1, 0.15) is 126 Å². The molecule has 14 atom stereocenters. The minimum absolute atomic E-state index is 0.0273. The van der Waals surface area contributed by atoms with Gasteiger partial charge in [-0.3, -0.25) is 14.4 Å². The first-order valence-electron chi connectivity index (χ1n) is 20.7. The Labute approximate surface area is 323 Å². The summed E-state index contributed by atoms with van der Waals surface area (Å²) in [6, 6.07) is -1.07. The average molecular weight is 756 g/mol. The maximum atomic E-state index is 14.2. The van der Waals surface area contributed by atoms with E-state index in [1.807, 2.05) is 40.7 Å². The van der Waals surface area contributed by atoms with Crippen LogP contribution >= 0.6 is 0 Å². The van der Waals surface area contributed by atoms with Crippen LogP contribution in [0.3, 0.4) is 0 Å². The van der Waals surface area contributed by atoms with E-state index in [0.29, 0.717) is 32.1 Å². The molecule has 2 bridgehead atoms. The number of carbonyl (C=O) groups excluding carboxylic acids is 4. The van der Waals surface area contributed by atoms with Crippen LogP contribution in [-0.4, -0.2) is 86.5 Å². The first-order valence-corrected chi connectivity index (χ1v) is 20.7. The Morgan fingerprint density at radius 1 is 0.926 bits per heavy atom. The summed E-state index contributed by atoms with van der Waals surface area (Å²) in [6.07, 6.45) is 8.76. The van der Waals surface area contributed by atoms with E-state index in [0.717, 1.165) is 36.8 Å². The Kier molecular flexibility index (Phi) is 15.5. The Hall–Kier alpha value is -2.66. The number of rotatable bonds is 4. The minimum atomic E-state index is -2.34. The zero-order chi connectivity index (χ0) is 40.1. The van der Waals surface area contributed by atoms with Crippen molar-refractivity contribution < 1.29 is 44.0 Å². The van der Waals surface area contributed by atoms with Crippen molar-refractivity contribution in [3.63, 3.8) is 0 Å². The molecule has 4 aliphatic rings. The molecule has 0 aromatic heterocycles. The SMILES string of the molecule is C=CCC1/C=C(\C)CC(C)CC(C)C2OC(O)(C(=O)C(=O)N3CCCCC3C(=O)OC(/C(C)=C/C3CCC(O)C(C)C3)C(C)C(O)CC1=O)C(C)CC2C. The lowest BCUT2D eigenvalue weighted by atomic mass is 9.76. The van der Waals surface area contributed by atoms with Gasteiger partial charge in [0.15, 0.2) is 0 Å². The number of piperidine rings is 1. The van der Waals surface area contributed by atoms with Crippen LogP contribution in [0.4, 0.5) is 0 Å². The minimum Gasteiger partial charge on any atom is -0.456 e. The van der Waals surface area contributed by atoms with Crippen molar-refractivity contribution in [3.8, 4) is 0 Å². The molecule has 10 nitrogen and oxygen atoms in total. The fraction of sp³-hybridized carbons (Fsp3) is 0.773. The van der Waals surface area contributed by atoms with E-state index in [-0.39, 0.29) is 60.9 Å². The van der Waals surface area contributed by atoms with Crippen molar-refractivity contribution >= 4 is 23.4 Å². The van der Waals surface area contributed by atoms with Crippen molar-refractivity contribution in [2.24, 2.45) is 47.3 Å². The number of amides is 1. The van der Waals surface area contributed by atoms with Crippen molar-refractivity contribution in [1.29, 1.82) is 0 Å². The van der Waals surface area contributed by atoms with Crippen LogP contribution < -0.4 is 0 Å². The number of fused-ring (bicyclic) bond motifs is 3. The van der Waals surface area contributed by atoms with E-state index >= 15 is 0 Å². The first-order chi connectivity index (χ1) is 25.4. The number of allylic oxidation sites excluding steroid dienone is 4. The van der Waals surface area contributed by atoms with E-state index in [1.165, 1.54) is 4.90 Å². The molecule has 0 aromatic rings. The van der Waals surface area contributed by atoms with Crippen molar-refractivity contribution in [3.05, 3.63) is 36.0 Å². The molecule has 3 fully saturated rings. The smallest absolute Gasteiger partial charge is 0.329 e. The van der Waals surface area contributed by atoms with Gasteiger partial charge in [-0.1, -0.05) is 65.3 Å². The van der Waals surface area contributed by atoms with Gasteiger partial charge in [0.1, 0.15) is 17.9 Å². The molecule has 14 unspecified atom stereocenters. The van der Waals surface area contributed by atoms with Crippen molar-refractivity contribution in [2.45, 2.75) is 162 Å². The van der Waals surface area contributed by atoms with Gasteiger partial charge in [-0.25, -0.2) is 4.79 Å². The topological polar surface area (TPSA) is 151 Å². The highest BCUT2D eigenvalue weighted by Crippen LogP contribution is 2.42. The van der Waals surface area contributed by atoms with Gasteiger partial charge >= 0.3 is 5.97 Å². The average Bonchev–Trinajstić information content (AvgIpc) is 3.11. The third-order valence-corrected chi connectivity index (χ3v) is 13.0. The lowest BCUT2D eigenvalue weighted by molar-refractivity contribution is -0.282. The molecule has 54 heavy (non-hydrogen) atoms. The number of aliphatic hydroxyl groups is 3. The fourth-order valence-corrected chi connectivity index (χ4v) is 9.84. The highest BCUT2D eigenvalue weighted by molar-refractivity contribution is 6.39. The number of ketones is 2. The second-order valence-electron chi connectivity index (χ2n) is 17.9. The number of Topliss-reactive ketones (excluding diaryl/α,β-unsaturated/α-hetero) is 2. The van der Waals surface area contributed by atoms with E-state index in [4.69, 9.17) is 9.47 Å². The zero-order valence-electron chi connectivity index (χ0n) is 34.2. The number of nitrogens with zero attached hydrogens (tertiary/aromatic N) is 1. The van der Waals surface area contributed by atoms with E-state index in [9.17, 15) is 34.5 Å². The Bertz CT molecular complexity index is 1420. The van der Waals surface area contributed by atoms with Gasteiger partial charge in [0.25, 0.3) is 11.7 Å². The van der Waals surface area contributed by atoms with Gasteiger partial charge in [-0.05, 0) is 113 Å². The lowest BCUT2D eigenvalue weighted by Gasteiger charge is -2.46. The molecule has 3 N–H and O–H groups in total. The summed E-state index contributed by atoms with van der Waals surface area (Å²) in [5, 5.41) is 33.9. The van der Waals surface area contributed by atoms with Crippen LogP contribution in [-0.2, 0) is 28.7 Å². The van der Waals surface area contributed by atoms with Crippen LogP contribution in [0.2, 0.25) is 0 Å². The number of hydrogen-bond donors (Lipinski definition) is 3. The van der Waals surface area contributed by atoms with E-state index in [2.05, 4.69) is 19.6 Å². The summed E-state index contributed by atoms with van der Waals surface area (Å²) in [6.45, 7) is 19.6. The second kappa shape index (κ2) is 19.0. The quantitative estimate of drug-likeness (QED) is 0.166. The Balaban J connectivity index is 1.75. The molecule has 3 heterocycles. The summed E-state index contributed by atoms with van der Waals surface area (Å²) in [5.41, 5.74) is 1.76. The van der Waals surface area contributed by atoms with Crippen LogP contribution in [0, 0.1) is 47.3 Å². The van der Waals surface area contributed by atoms with E-state index in [1.54, 1.807) is 19.9 Å². The summed E-state index contributed by atoms with van der Waals surface area (Å²) in [4.78, 5) is 57.5. The highest BCUT2D eigenvalue weighted by atomic mass is 16.6. The number of aliphatic hydroxyl groups excluding tert-OH is 2. The molecule has 0 radical (unpaired) electrons. The summed E-state index contributed by atoms with van der Waals surface area (Å²) >= 11 is 0. The van der Waals surface area contributed by atoms with Crippen LogP contribution in [0.5, 0.6) is 0 Å². The molecule has 1 saturated carbocycles. The van der Waals surface area contributed by atoms with Gasteiger partial charge in [-0.15, -0.1) is 6.58 Å². The first kappa shape index (κ1) is 44.1. The van der Waals surface area contributed by atoms with Gasteiger partial charge in [0, 0.05) is 30.7 Å². The summed E-state index contributed by atoms with van der Waals surface area (Å²) < 4.78 is 12.6. The predicted molar refractivity (Wildman–Crippen MR) is 208 cm³/mol. The standard InChI is InChI=1S/C44H69NO9/c1-10-13-34-20-26(3)18-25(2)19-28(5)39-29(6)21-31(8)44(52,54-39)41(49)42(50)45-17-12-11-14-35(45)43(51)53-40(32(9)37(47)24-38(34)48)30(7)23-33-15-16-36(46)27(4)22-33/h10,20,23,25,27-29,31-37,39-40,46-47,52H,1,11-19,21-22,24H2,2-9H3/b26-20+,30-23+. The molecule has 1 aliphatic carbocycles. The molecular formula is C44H69NO9. The molecule has 304 valence electrons. The highest BCUT2D eigenvalue weighted by Gasteiger charge is 2.55. The zero-order valence-corrected chi connectivity index (χ0v) is 34.2. The molecular weight excluding hydrogens is 686 g/mol. The maximum absolute atomic E-state index is 14.2. The van der Waals surface area contributed by atoms with Crippen molar-refractivity contribution in [1.82, 2.24) is 4.90 Å². The largest absolute Gasteiger partial charge is 0.456 e. The van der Waals surface area contributed by atoms with E-state index < -0.39 is 65.6 Å². The predicted octanol–water partition coefficient (Wildman–Crippen LogP) is 6.50. The Morgan fingerprint density at radius 2 is 1.61 bits per heavy atom. The number of esters is 1. The number of hydrogen-bond acceptors (Lipinski definition) is 9. The molecule has 0 aromatic carbocycles. The summed E-state index contributed by atoms with van der Waals surface area (Å²) in [7, 11) is 0. The Morgan fingerprint density at radius 3 is 2.28 bits per heavy atom.